The van der Waals surface area contributed by atoms with Gasteiger partial charge in [-0.1, -0.05) is 12.8 Å². The zero-order chi connectivity index (χ0) is 17.9. The Morgan fingerprint density at radius 2 is 2.00 bits per heavy atom. The minimum atomic E-state index is -0.393. The average Bonchev–Trinajstić information content (AvgIpc) is 3.34. The van der Waals surface area contributed by atoms with Gasteiger partial charge >= 0.3 is 0 Å². The van der Waals surface area contributed by atoms with E-state index in [1.54, 1.807) is 22.4 Å². The van der Waals surface area contributed by atoms with E-state index in [1.807, 2.05) is 5.38 Å². The van der Waals surface area contributed by atoms with Crippen LogP contribution in [0.5, 0.6) is 0 Å². The molecule has 5 nitrogen and oxygen atoms in total. The number of hydrogen-bond acceptors (Lipinski definition) is 5. The van der Waals surface area contributed by atoms with Crippen LogP contribution in [-0.4, -0.2) is 34.3 Å². The molecule has 1 fully saturated rings. The van der Waals surface area contributed by atoms with E-state index in [0.717, 1.165) is 24.1 Å². The normalized spacial score (nSPS) is 20.3. The van der Waals surface area contributed by atoms with Crippen LogP contribution in [0.4, 0.5) is 5.13 Å². The predicted octanol–water partition coefficient (Wildman–Crippen LogP) is 4.11. The van der Waals surface area contributed by atoms with Crippen LogP contribution >= 0.6 is 22.7 Å². The molecule has 26 heavy (non-hydrogen) atoms. The number of thiophene rings is 1. The molecule has 3 heterocycles. The number of thiazole rings is 1. The van der Waals surface area contributed by atoms with Crippen molar-refractivity contribution in [3.8, 4) is 0 Å². The summed E-state index contributed by atoms with van der Waals surface area (Å²) in [6.07, 6.45) is 10.4. The number of rotatable bonds is 3. The van der Waals surface area contributed by atoms with E-state index in [4.69, 9.17) is 0 Å². The number of aryl methyl sites for hydroxylation is 2. The molecule has 0 aromatic carbocycles. The van der Waals surface area contributed by atoms with Crippen LogP contribution in [0.2, 0.25) is 0 Å². The Morgan fingerprint density at radius 1 is 1.15 bits per heavy atom. The standard InChI is InChI=1S/C19H23N3O2S2/c23-17(21-19-20-9-11-25-19)14-7-5-10-22(14)18(24)16-12-13-6-3-1-2-4-8-15(13)26-16/h9,11-12,14H,1-8,10H2,(H,20,21,23). The average molecular weight is 390 g/mol. The Morgan fingerprint density at radius 3 is 2.81 bits per heavy atom. The lowest BCUT2D eigenvalue weighted by Gasteiger charge is -2.22. The van der Waals surface area contributed by atoms with Gasteiger partial charge in [0.25, 0.3) is 5.91 Å². The highest BCUT2D eigenvalue weighted by Crippen LogP contribution is 2.31. The molecule has 0 bridgehead atoms. The molecule has 2 aromatic rings. The Labute approximate surface area is 161 Å². The maximum absolute atomic E-state index is 13.1. The molecule has 1 N–H and O–H groups in total. The number of carbonyl (C=O) groups is 2. The summed E-state index contributed by atoms with van der Waals surface area (Å²) in [4.78, 5) is 33.7. The van der Waals surface area contributed by atoms with Gasteiger partial charge in [-0.25, -0.2) is 4.98 Å². The number of fused-ring (bicyclic) bond motifs is 1. The first-order valence-electron chi connectivity index (χ1n) is 9.35. The highest BCUT2D eigenvalue weighted by Gasteiger charge is 2.35. The number of hydrogen-bond donors (Lipinski definition) is 1. The summed E-state index contributed by atoms with van der Waals surface area (Å²) in [6.45, 7) is 0.650. The van der Waals surface area contributed by atoms with Crippen LogP contribution < -0.4 is 5.32 Å². The summed E-state index contributed by atoms with van der Waals surface area (Å²) in [7, 11) is 0. The van der Waals surface area contributed by atoms with Crippen molar-refractivity contribution in [3.63, 3.8) is 0 Å². The second-order valence-corrected chi connectivity index (χ2v) is 8.99. The smallest absolute Gasteiger partial charge is 0.264 e. The Hall–Kier alpha value is -1.73. The number of likely N-dealkylation sites (tertiary alicyclic amines) is 1. The topological polar surface area (TPSA) is 62.3 Å². The first-order chi connectivity index (χ1) is 12.7. The molecule has 2 aliphatic rings. The van der Waals surface area contributed by atoms with E-state index in [2.05, 4.69) is 16.4 Å². The first-order valence-corrected chi connectivity index (χ1v) is 11.0. The fourth-order valence-electron chi connectivity index (χ4n) is 3.85. The molecule has 0 saturated carbocycles. The van der Waals surface area contributed by atoms with Crippen LogP contribution in [0, 0.1) is 0 Å². The number of amides is 2. The summed E-state index contributed by atoms with van der Waals surface area (Å²) in [5.41, 5.74) is 1.35. The van der Waals surface area contributed by atoms with E-state index < -0.39 is 6.04 Å². The van der Waals surface area contributed by atoms with Gasteiger partial charge in [-0.2, -0.15) is 0 Å². The monoisotopic (exact) mass is 389 g/mol. The molecule has 1 aliphatic carbocycles. The van der Waals surface area contributed by atoms with Crippen molar-refractivity contribution in [2.45, 2.75) is 57.4 Å². The van der Waals surface area contributed by atoms with Crippen molar-refractivity contribution in [2.75, 3.05) is 11.9 Å². The summed E-state index contributed by atoms with van der Waals surface area (Å²) >= 11 is 3.03. The van der Waals surface area contributed by atoms with Gasteiger partial charge in [-0.05, 0) is 50.2 Å². The summed E-state index contributed by atoms with van der Waals surface area (Å²) in [5, 5.41) is 5.26. The van der Waals surface area contributed by atoms with E-state index in [-0.39, 0.29) is 11.8 Å². The number of anilines is 1. The minimum absolute atomic E-state index is 0.0125. The minimum Gasteiger partial charge on any atom is -0.326 e. The van der Waals surface area contributed by atoms with Gasteiger partial charge in [0.1, 0.15) is 6.04 Å². The quantitative estimate of drug-likeness (QED) is 0.859. The van der Waals surface area contributed by atoms with Gasteiger partial charge in [0.15, 0.2) is 5.13 Å². The van der Waals surface area contributed by atoms with Gasteiger partial charge in [0, 0.05) is 23.0 Å². The van der Waals surface area contributed by atoms with Crippen LogP contribution in [0.1, 0.15) is 58.6 Å². The summed E-state index contributed by atoms with van der Waals surface area (Å²) in [6, 6.07) is 1.69. The molecule has 4 rings (SSSR count). The zero-order valence-electron chi connectivity index (χ0n) is 14.7. The maximum atomic E-state index is 13.1. The van der Waals surface area contributed by atoms with Crippen molar-refractivity contribution in [1.29, 1.82) is 0 Å². The third-order valence-electron chi connectivity index (χ3n) is 5.19. The van der Waals surface area contributed by atoms with E-state index in [1.165, 1.54) is 47.5 Å². The summed E-state index contributed by atoms with van der Waals surface area (Å²) in [5.74, 6) is -0.112. The molecule has 1 atom stereocenters. The third-order valence-corrected chi connectivity index (χ3v) is 7.10. The maximum Gasteiger partial charge on any atom is 0.264 e. The predicted molar refractivity (Wildman–Crippen MR) is 105 cm³/mol. The largest absolute Gasteiger partial charge is 0.326 e. The van der Waals surface area contributed by atoms with Crippen LogP contribution in [0.25, 0.3) is 0 Å². The fourth-order valence-corrected chi connectivity index (χ4v) is 5.59. The molecule has 2 aromatic heterocycles. The Bertz CT molecular complexity index is 759. The SMILES string of the molecule is O=C(Nc1nccs1)C1CCCN1C(=O)c1cc2c(s1)CCCCCC2. The lowest BCUT2D eigenvalue weighted by atomic mass is 10.00. The van der Waals surface area contributed by atoms with Crippen molar-refractivity contribution < 1.29 is 9.59 Å². The Balaban J connectivity index is 1.49. The van der Waals surface area contributed by atoms with Crippen molar-refractivity contribution in [1.82, 2.24) is 9.88 Å². The molecule has 1 aliphatic heterocycles. The second-order valence-electron chi connectivity index (χ2n) is 6.96. The molecular weight excluding hydrogens is 366 g/mol. The molecule has 2 amide bonds. The zero-order valence-corrected chi connectivity index (χ0v) is 16.3. The van der Waals surface area contributed by atoms with Gasteiger partial charge < -0.3 is 10.2 Å². The first kappa shape index (κ1) is 17.7. The van der Waals surface area contributed by atoms with Gasteiger partial charge in [-0.3, -0.25) is 9.59 Å². The molecule has 1 saturated heterocycles. The van der Waals surface area contributed by atoms with Crippen LogP contribution in [0.15, 0.2) is 17.6 Å². The Kier molecular flexibility index (Phi) is 5.36. The van der Waals surface area contributed by atoms with Crippen molar-refractivity contribution in [2.24, 2.45) is 0 Å². The van der Waals surface area contributed by atoms with Gasteiger partial charge in [0.2, 0.25) is 5.91 Å². The number of aromatic nitrogens is 1. The molecular formula is C19H23N3O2S2. The fraction of sp³-hybridized carbons (Fsp3) is 0.526. The third kappa shape index (κ3) is 3.69. The highest BCUT2D eigenvalue weighted by molar-refractivity contribution is 7.14. The highest BCUT2D eigenvalue weighted by atomic mass is 32.1. The number of nitrogens with zero attached hydrogens (tertiary/aromatic N) is 2. The molecule has 7 heteroatoms. The van der Waals surface area contributed by atoms with Crippen molar-refractivity contribution >= 4 is 39.6 Å². The number of nitrogens with one attached hydrogen (secondary N) is 1. The van der Waals surface area contributed by atoms with E-state index in [9.17, 15) is 9.59 Å². The molecule has 138 valence electrons. The second kappa shape index (κ2) is 7.88. The lowest BCUT2D eigenvalue weighted by Crippen LogP contribution is -2.42. The lowest BCUT2D eigenvalue weighted by molar-refractivity contribution is -0.119. The van der Waals surface area contributed by atoms with Gasteiger partial charge in [-0.15, -0.1) is 22.7 Å². The molecule has 0 spiro atoms. The van der Waals surface area contributed by atoms with Crippen LogP contribution in [0.3, 0.4) is 0 Å². The van der Waals surface area contributed by atoms with Crippen molar-refractivity contribution in [3.05, 3.63) is 33.0 Å². The summed E-state index contributed by atoms with van der Waals surface area (Å²) < 4.78 is 0. The van der Waals surface area contributed by atoms with E-state index >= 15 is 0 Å². The van der Waals surface area contributed by atoms with Gasteiger partial charge in [0.05, 0.1) is 4.88 Å². The van der Waals surface area contributed by atoms with E-state index in [0.29, 0.717) is 18.1 Å². The van der Waals surface area contributed by atoms with Crippen LogP contribution in [-0.2, 0) is 17.6 Å². The number of carbonyl (C=O) groups excluding carboxylic acids is 2. The molecule has 0 radical (unpaired) electrons. The molecule has 1 unspecified atom stereocenters.